The first-order valence-electron chi connectivity index (χ1n) is 7.44. The summed E-state index contributed by atoms with van der Waals surface area (Å²) in [6, 6.07) is 7.63. The highest BCUT2D eigenvalue weighted by molar-refractivity contribution is 5.86. The van der Waals surface area contributed by atoms with Gasteiger partial charge < -0.3 is 9.88 Å². The lowest BCUT2D eigenvalue weighted by Gasteiger charge is -2.04. The SMILES string of the molecule is Cc1ccc2c(c1)c(CCCNC1CC1)c(C)n2C. The Hall–Kier alpha value is -1.28. The number of aryl methyl sites for hydroxylation is 3. The van der Waals surface area contributed by atoms with E-state index in [2.05, 4.69) is 49.0 Å². The molecule has 2 heteroatoms. The summed E-state index contributed by atoms with van der Waals surface area (Å²) in [7, 11) is 2.18. The van der Waals surface area contributed by atoms with E-state index in [1.54, 1.807) is 5.56 Å². The number of aromatic nitrogens is 1. The third-order valence-corrected chi connectivity index (χ3v) is 4.39. The fraction of sp³-hybridized carbons (Fsp3) is 0.529. The largest absolute Gasteiger partial charge is 0.348 e. The van der Waals surface area contributed by atoms with Crippen LogP contribution in [-0.4, -0.2) is 17.2 Å². The number of hydrogen-bond donors (Lipinski definition) is 1. The van der Waals surface area contributed by atoms with E-state index in [1.807, 2.05) is 0 Å². The normalized spacial score (nSPS) is 15.3. The maximum Gasteiger partial charge on any atom is 0.0482 e. The van der Waals surface area contributed by atoms with Crippen molar-refractivity contribution in [3.63, 3.8) is 0 Å². The highest BCUT2D eigenvalue weighted by Crippen LogP contribution is 2.27. The lowest BCUT2D eigenvalue weighted by atomic mass is 10.0. The van der Waals surface area contributed by atoms with E-state index >= 15 is 0 Å². The molecular weight excluding hydrogens is 232 g/mol. The second-order valence-corrected chi connectivity index (χ2v) is 5.98. The molecule has 0 bridgehead atoms. The minimum absolute atomic E-state index is 0.829. The Morgan fingerprint density at radius 2 is 2.05 bits per heavy atom. The van der Waals surface area contributed by atoms with Gasteiger partial charge in [-0.05, 0) is 63.8 Å². The molecule has 1 saturated carbocycles. The van der Waals surface area contributed by atoms with Gasteiger partial charge >= 0.3 is 0 Å². The fourth-order valence-corrected chi connectivity index (χ4v) is 2.94. The molecule has 1 aromatic heterocycles. The topological polar surface area (TPSA) is 17.0 Å². The average molecular weight is 256 g/mol. The first-order chi connectivity index (χ1) is 9.16. The maximum atomic E-state index is 3.61. The molecule has 3 rings (SSSR count). The fourth-order valence-electron chi connectivity index (χ4n) is 2.94. The van der Waals surface area contributed by atoms with Crippen molar-refractivity contribution in [2.45, 2.75) is 45.6 Å². The zero-order chi connectivity index (χ0) is 13.4. The minimum atomic E-state index is 0.829. The monoisotopic (exact) mass is 256 g/mol. The Kier molecular flexibility index (Phi) is 3.36. The molecule has 1 fully saturated rings. The number of fused-ring (bicyclic) bond motifs is 1. The predicted molar refractivity (Wildman–Crippen MR) is 81.7 cm³/mol. The standard InChI is InChI=1S/C17H24N2/c1-12-6-9-17-16(11-12)15(13(2)19(17)3)5-4-10-18-14-7-8-14/h6,9,11,14,18H,4-5,7-8,10H2,1-3H3. The molecule has 0 unspecified atom stereocenters. The van der Waals surface area contributed by atoms with Crippen molar-refractivity contribution in [3.05, 3.63) is 35.0 Å². The first-order valence-corrected chi connectivity index (χ1v) is 7.44. The van der Waals surface area contributed by atoms with Gasteiger partial charge in [-0.15, -0.1) is 0 Å². The van der Waals surface area contributed by atoms with Crippen molar-refractivity contribution in [2.24, 2.45) is 7.05 Å². The third-order valence-electron chi connectivity index (χ3n) is 4.39. The molecule has 2 aromatic rings. The molecule has 1 heterocycles. The van der Waals surface area contributed by atoms with Crippen LogP contribution in [-0.2, 0) is 13.5 Å². The molecule has 102 valence electrons. The summed E-state index contributed by atoms with van der Waals surface area (Å²) in [5, 5.41) is 5.06. The summed E-state index contributed by atoms with van der Waals surface area (Å²) in [6.45, 7) is 5.59. The summed E-state index contributed by atoms with van der Waals surface area (Å²) < 4.78 is 2.33. The molecule has 1 N–H and O–H groups in total. The molecule has 1 aromatic carbocycles. The summed E-state index contributed by atoms with van der Waals surface area (Å²) in [4.78, 5) is 0. The molecular formula is C17H24N2. The van der Waals surface area contributed by atoms with Crippen LogP contribution in [0.3, 0.4) is 0 Å². The van der Waals surface area contributed by atoms with E-state index in [0.717, 1.165) is 12.6 Å². The molecule has 1 aliphatic rings. The van der Waals surface area contributed by atoms with Crippen LogP contribution in [0.1, 0.15) is 36.1 Å². The molecule has 2 nitrogen and oxygen atoms in total. The van der Waals surface area contributed by atoms with Crippen molar-refractivity contribution < 1.29 is 0 Å². The van der Waals surface area contributed by atoms with Gasteiger partial charge in [0, 0.05) is 29.7 Å². The van der Waals surface area contributed by atoms with Crippen molar-refractivity contribution >= 4 is 10.9 Å². The summed E-state index contributed by atoms with van der Waals surface area (Å²) >= 11 is 0. The van der Waals surface area contributed by atoms with Gasteiger partial charge in [-0.25, -0.2) is 0 Å². The van der Waals surface area contributed by atoms with Crippen molar-refractivity contribution in [3.8, 4) is 0 Å². The van der Waals surface area contributed by atoms with E-state index in [1.165, 1.54) is 47.8 Å². The van der Waals surface area contributed by atoms with Gasteiger partial charge in [-0.3, -0.25) is 0 Å². The summed E-state index contributed by atoms with van der Waals surface area (Å²) in [5.41, 5.74) is 5.69. The van der Waals surface area contributed by atoms with Gasteiger partial charge in [0.05, 0.1) is 0 Å². The van der Waals surface area contributed by atoms with E-state index in [0.29, 0.717) is 0 Å². The van der Waals surface area contributed by atoms with E-state index in [-0.39, 0.29) is 0 Å². The highest BCUT2D eigenvalue weighted by Gasteiger charge is 2.19. The minimum Gasteiger partial charge on any atom is -0.348 e. The van der Waals surface area contributed by atoms with Gasteiger partial charge in [0.25, 0.3) is 0 Å². The third kappa shape index (κ3) is 2.55. The second kappa shape index (κ2) is 5.01. The molecule has 1 aliphatic carbocycles. The Morgan fingerprint density at radius 1 is 1.26 bits per heavy atom. The van der Waals surface area contributed by atoms with E-state index in [9.17, 15) is 0 Å². The van der Waals surface area contributed by atoms with Crippen LogP contribution >= 0.6 is 0 Å². The Balaban J connectivity index is 1.80. The van der Waals surface area contributed by atoms with E-state index in [4.69, 9.17) is 0 Å². The van der Waals surface area contributed by atoms with Crippen molar-refractivity contribution in [1.82, 2.24) is 9.88 Å². The summed E-state index contributed by atoms with van der Waals surface area (Å²) in [6.07, 6.45) is 5.19. The van der Waals surface area contributed by atoms with Crippen molar-refractivity contribution in [1.29, 1.82) is 0 Å². The Labute approximate surface area is 115 Å². The maximum absolute atomic E-state index is 3.61. The van der Waals surface area contributed by atoms with Crippen LogP contribution in [0, 0.1) is 13.8 Å². The number of hydrogen-bond acceptors (Lipinski definition) is 1. The molecule has 0 amide bonds. The zero-order valence-electron chi connectivity index (χ0n) is 12.3. The zero-order valence-corrected chi connectivity index (χ0v) is 12.3. The van der Waals surface area contributed by atoms with Gasteiger partial charge in [-0.1, -0.05) is 11.6 Å². The lowest BCUT2D eigenvalue weighted by Crippen LogP contribution is -2.17. The molecule has 0 spiro atoms. The van der Waals surface area contributed by atoms with Crippen LogP contribution in [0.4, 0.5) is 0 Å². The Morgan fingerprint density at radius 3 is 2.79 bits per heavy atom. The predicted octanol–water partition coefficient (Wildman–Crippen LogP) is 3.48. The smallest absolute Gasteiger partial charge is 0.0482 e. The van der Waals surface area contributed by atoms with Crippen LogP contribution in [0.2, 0.25) is 0 Å². The molecule has 0 aliphatic heterocycles. The average Bonchev–Trinajstić information content (AvgIpc) is 3.18. The number of nitrogens with one attached hydrogen (secondary N) is 1. The highest BCUT2D eigenvalue weighted by atomic mass is 15.0. The van der Waals surface area contributed by atoms with Crippen LogP contribution < -0.4 is 5.32 Å². The quantitative estimate of drug-likeness (QED) is 0.810. The lowest BCUT2D eigenvalue weighted by molar-refractivity contribution is 0.645. The first kappa shape index (κ1) is 12.7. The van der Waals surface area contributed by atoms with Crippen LogP contribution in [0.25, 0.3) is 10.9 Å². The van der Waals surface area contributed by atoms with E-state index < -0.39 is 0 Å². The van der Waals surface area contributed by atoms with Gasteiger partial charge in [0.2, 0.25) is 0 Å². The number of rotatable bonds is 5. The van der Waals surface area contributed by atoms with Gasteiger partial charge in [-0.2, -0.15) is 0 Å². The molecule has 0 radical (unpaired) electrons. The molecule has 0 saturated heterocycles. The van der Waals surface area contributed by atoms with Crippen molar-refractivity contribution in [2.75, 3.05) is 6.54 Å². The molecule has 0 atom stereocenters. The van der Waals surface area contributed by atoms with Crippen LogP contribution in [0.15, 0.2) is 18.2 Å². The van der Waals surface area contributed by atoms with Gasteiger partial charge in [0.1, 0.15) is 0 Å². The summed E-state index contributed by atoms with van der Waals surface area (Å²) in [5.74, 6) is 0. The number of benzene rings is 1. The number of nitrogens with zero attached hydrogens (tertiary/aromatic N) is 1. The van der Waals surface area contributed by atoms with Gasteiger partial charge in [0.15, 0.2) is 0 Å². The second-order valence-electron chi connectivity index (χ2n) is 5.98. The molecule has 19 heavy (non-hydrogen) atoms. The Bertz CT molecular complexity index is 591. The van der Waals surface area contributed by atoms with Crippen LogP contribution in [0.5, 0.6) is 0 Å².